The van der Waals surface area contributed by atoms with E-state index in [-0.39, 0.29) is 31.3 Å². The van der Waals surface area contributed by atoms with Gasteiger partial charge in [-0.25, -0.2) is 19.6 Å². The Balaban J connectivity index is 0.000000221. The average molecular weight is 912 g/mol. The predicted octanol–water partition coefficient (Wildman–Crippen LogP) is 7.59. The Bertz CT molecular complexity index is 2440. The maximum atomic E-state index is 12.7. The number of methoxy groups -OCH3 is 2. The van der Waals surface area contributed by atoms with Crippen molar-refractivity contribution in [3.05, 3.63) is 94.0 Å². The molecule has 308 valence electrons. The van der Waals surface area contributed by atoms with Crippen LogP contribution < -0.4 is 29.6 Å². The second kappa shape index (κ2) is 19.8. The van der Waals surface area contributed by atoms with Gasteiger partial charge in [-0.1, -0.05) is 70.1 Å². The van der Waals surface area contributed by atoms with Crippen LogP contribution in [0.2, 0.25) is 10.0 Å². The molecule has 4 aromatic carbocycles. The molecule has 0 aliphatic rings. The van der Waals surface area contributed by atoms with Gasteiger partial charge in [0, 0.05) is 39.4 Å². The zero-order chi connectivity index (χ0) is 42.0. The smallest absolute Gasteiger partial charge is 0.340 e. The van der Waals surface area contributed by atoms with Crippen LogP contribution in [0, 0.1) is 13.8 Å². The number of hydrogen-bond acceptors (Lipinski definition) is 14. The lowest BCUT2D eigenvalue weighted by Crippen LogP contribution is -2.31. The Morgan fingerprint density at radius 2 is 1.03 bits per heavy atom. The number of carbonyl (C=O) groups excluding carboxylic acids is 2. The summed E-state index contributed by atoms with van der Waals surface area (Å²) in [5.41, 5.74) is 2.17. The summed E-state index contributed by atoms with van der Waals surface area (Å²) in [6.07, 6.45) is 0. The summed E-state index contributed by atoms with van der Waals surface area (Å²) >= 11 is 14.5. The van der Waals surface area contributed by atoms with Gasteiger partial charge in [-0.3, -0.25) is 10.6 Å². The summed E-state index contributed by atoms with van der Waals surface area (Å²) < 4.78 is 72.2. The molecular weight excluding hydrogens is 876 g/mol. The van der Waals surface area contributed by atoms with E-state index in [0.717, 1.165) is 0 Å². The highest BCUT2D eigenvalue weighted by molar-refractivity contribution is 7.87. The Labute approximate surface area is 352 Å². The number of benzene rings is 4. The summed E-state index contributed by atoms with van der Waals surface area (Å²) in [4.78, 5) is 32.1. The molecule has 16 nitrogen and oxygen atoms in total. The van der Waals surface area contributed by atoms with Crippen molar-refractivity contribution in [2.45, 2.75) is 23.6 Å². The molecule has 2 heterocycles. The SMILES string of the molecule is COCCNC(=O)Nc1nc2ccc(OS(=O)(=O)c3c(C)cccc3Cl)cc2s1.COCCNC(=O)Nc1nc2ccc(OS(=O)(=O)c3c(C)cccc3Cl)cc2s1. The molecular formula is C36H36Cl2N6O10S4. The van der Waals surface area contributed by atoms with Crippen molar-refractivity contribution < 1.29 is 44.3 Å². The highest BCUT2D eigenvalue weighted by Crippen LogP contribution is 2.34. The van der Waals surface area contributed by atoms with Crippen molar-refractivity contribution in [3.63, 3.8) is 0 Å². The van der Waals surface area contributed by atoms with Gasteiger partial charge in [-0.05, 0) is 61.4 Å². The van der Waals surface area contributed by atoms with Crippen molar-refractivity contribution in [1.29, 1.82) is 0 Å². The fourth-order valence-electron chi connectivity index (χ4n) is 5.04. The third-order valence-electron chi connectivity index (χ3n) is 7.58. The van der Waals surface area contributed by atoms with E-state index in [2.05, 4.69) is 31.2 Å². The van der Waals surface area contributed by atoms with Gasteiger partial charge in [0.2, 0.25) is 0 Å². The third-order valence-corrected chi connectivity index (χ3v) is 13.2. The van der Waals surface area contributed by atoms with E-state index < -0.39 is 32.3 Å². The molecule has 0 atom stereocenters. The van der Waals surface area contributed by atoms with E-state index in [0.29, 0.717) is 68.1 Å². The summed E-state index contributed by atoms with van der Waals surface area (Å²) in [5, 5.41) is 11.4. The van der Waals surface area contributed by atoms with Gasteiger partial charge in [0.1, 0.15) is 21.3 Å². The lowest BCUT2D eigenvalue weighted by atomic mass is 10.2. The second-order valence-corrected chi connectivity index (χ2v) is 17.7. The van der Waals surface area contributed by atoms with E-state index in [1.165, 1.54) is 46.9 Å². The maximum absolute atomic E-state index is 12.7. The Kier molecular flexibility index (Phi) is 15.1. The molecule has 0 unspecified atom stereocenters. The number of carbonyl (C=O) groups is 2. The number of urea groups is 2. The second-order valence-electron chi connectivity index (χ2n) is 11.9. The fourth-order valence-corrected chi connectivity index (χ4v) is 10.2. The minimum Gasteiger partial charge on any atom is -0.383 e. The first-order valence-electron chi connectivity index (χ1n) is 16.9. The average Bonchev–Trinajstić information content (AvgIpc) is 3.73. The molecule has 0 saturated carbocycles. The molecule has 0 radical (unpaired) electrons. The van der Waals surface area contributed by atoms with Crippen molar-refractivity contribution in [2.75, 3.05) is 51.2 Å². The van der Waals surface area contributed by atoms with Gasteiger partial charge in [0.25, 0.3) is 0 Å². The number of nitrogens with zero attached hydrogens (tertiary/aromatic N) is 2. The van der Waals surface area contributed by atoms with Gasteiger partial charge in [-0.2, -0.15) is 16.8 Å². The van der Waals surface area contributed by atoms with Crippen molar-refractivity contribution in [3.8, 4) is 11.5 Å². The van der Waals surface area contributed by atoms with Crippen molar-refractivity contribution >= 4 is 109 Å². The van der Waals surface area contributed by atoms with Crippen molar-refractivity contribution in [2.24, 2.45) is 0 Å². The van der Waals surface area contributed by atoms with Crippen LogP contribution in [-0.2, 0) is 29.7 Å². The number of anilines is 2. The number of halogens is 2. The van der Waals surface area contributed by atoms with Crippen LogP contribution in [-0.4, -0.2) is 79.4 Å². The van der Waals surface area contributed by atoms with Crippen LogP contribution in [0.1, 0.15) is 11.1 Å². The van der Waals surface area contributed by atoms with Crippen LogP contribution in [0.5, 0.6) is 11.5 Å². The molecule has 0 spiro atoms. The normalized spacial score (nSPS) is 11.4. The largest absolute Gasteiger partial charge is 0.383 e. The quantitative estimate of drug-likeness (QED) is 0.0615. The predicted molar refractivity (Wildman–Crippen MR) is 225 cm³/mol. The summed E-state index contributed by atoms with van der Waals surface area (Å²) in [5.74, 6) is 0.244. The minimum absolute atomic E-state index is 0.0684. The molecule has 4 N–H and O–H groups in total. The standard InChI is InChI=1S/2C18H18ClN3O5S2/c2*1-11-4-3-5-13(19)16(11)29(24,25)27-12-6-7-14-15(10-12)28-18(21-14)22-17(23)20-8-9-26-2/h2*3-7,10H,8-9H2,1-2H3,(H2,20,21,22,23). The molecule has 0 fully saturated rings. The van der Waals surface area contributed by atoms with Gasteiger partial charge < -0.3 is 28.5 Å². The third kappa shape index (κ3) is 11.7. The Hall–Kier alpha value is -4.80. The Morgan fingerprint density at radius 3 is 1.40 bits per heavy atom. The lowest BCUT2D eigenvalue weighted by molar-refractivity contribution is 0.198. The summed E-state index contributed by atoms with van der Waals surface area (Å²) in [7, 11) is -5.13. The number of aryl methyl sites for hydroxylation is 2. The van der Waals surface area contributed by atoms with Gasteiger partial charge in [-0.15, -0.1) is 0 Å². The van der Waals surface area contributed by atoms with E-state index in [1.807, 2.05) is 0 Å². The minimum atomic E-state index is -4.11. The molecule has 6 rings (SSSR count). The van der Waals surface area contributed by atoms with Gasteiger partial charge >= 0.3 is 32.3 Å². The molecule has 6 aromatic rings. The molecule has 2 aromatic heterocycles. The molecule has 4 amide bonds. The maximum Gasteiger partial charge on any atom is 0.340 e. The number of hydrogen-bond donors (Lipinski definition) is 4. The van der Waals surface area contributed by atoms with Crippen LogP contribution in [0.4, 0.5) is 19.9 Å². The molecule has 22 heteroatoms. The molecule has 0 aliphatic carbocycles. The van der Waals surface area contributed by atoms with Gasteiger partial charge in [0.05, 0.1) is 43.7 Å². The number of amides is 4. The highest BCUT2D eigenvalue weighted by Gasteiger charge is 2.24. The lowest BCUT2D eigenvalue weighted by Gasteiger charge is -2.10. The molecule has 0 saturated heterocycles. The van der Waals surface area contributed by atoms with Crippen molar-refractivity contribution in [1.82, 2.24) is 20.6 Å². The van der Waals surface area contributed by atoms with E-state index in [1.54, 1.807) is 76.6 Å². The number of thiazole rings is 2. The van der Waals surface area contributed by atoms with Crippen LogP contribution in [0.25, 0.3) is 20.4 Å². The van der Waals surface area contributed by atoms with E-state index in [4.69, 9.17) is 41.0 Å². The number of aromatic nitrogens is 2. The number of rotatable bonds is 14. The van der Waals surface area contributed by atoms with E-state index in [9.17, 15) is 26.4 Å². The number of fused-ring (bicyclic) bond motifs is 2. The Morgan fingerprint density at radius 1 is 0.638 bits per heavy atom. The number of nitrogens with one attached hydrogen (secondary N) is 4. The van der Waals surface area contributed by atoms with Crippen LogP contribution >= 0.6 is 45.9 Å². The fraction of sp³-hybridized carbons (Fsp3) is 0.222. The first-order chi connectivity index (χ1) is 27.6. The molecule has 58 heavy (non-hydrogen) atoms. The topological polar surface area (TPSA) is 213 Å². The van der Waals surface area contributed by atoms with Crippen LogP contribution in [0.15, 0.2) is 82.6 Å². The zero-order valence-electron chi connectivity index (χ0n) is 31.1. The van der Waals surface area contributed by atoms with Gasteiger partial charge in [0.15, 0.2) is 10.3 Å². The monoisotopic (exact) mass is 910 g/mol. The van der Waals surface area contributed by atoms with E-state index >= 15 is 0 Å². The summed E-state index contributed by atoms with van der Waals surface area (Å²) in [6, 6.07) is 18.1. The highest BCUT2D eigenvalue weighted by atomic mass is 35.5. The molecule has 0 bridgehead atoms. The van der Waals surface area contributed by atoms with Crippen LogP contribution in [0.3, 0.4) is 0 Å². The first-order valence-corrected chi connectivity index (χ1v) is 22.1. The number of ether oxygens (including phenoxy) is 2. The zero-order valence-corrected chi connectivity index (χ0v) is 35.9. The molecule has 0 aliphatic heterocycles. The first kappa shape index (κ1) is 44.3. The summed E-state index contributed by atoms with van der Waals surface area (Å²) in [6.45, 7) is 4.81.